The highest BCUT2D eigenvalue weighted by molar-refractivity contribution is 6.32. The summed E-state index contributed by atoms with van der Waals surface area (Å²) in [7, 11) is 0. The summed E-state index contributed by atoms with van der Waals surface area (Å²) in [6.07, 6.45) is 7.31. The van der Waals surface area contributed by atoms with Crippen LogP contribution in [0.25, 0.3) is 0 Å². The summed E-state index contributed by atoms with van der Waals surface area (Å²) in [5, 5.41) is 11.5. The van der Waals surface area contributed by atoms with Gasteiger partial charge in [0.2, 0.25) is 5.89 Å². The molecule has 9 nitrogen and oxygen atoms in total. The van der Waals surface area contributed by atoms with E-state index in [-0.39, 0.29) is 35.8 Å². The predicted molar refractivity (Wildman–Crippen MR) is 125 cm³/mol. The molecule has 0 radical (unpaired) electrons. The molecule has 5 rings (SSSR count). The maximum atomic E-state index is 14.8. The summed E-state index contributed by atoms with van der Waals surface area (Å²) in [6, 6.07) is 0.0364. The van der Waals surface area contributed by atoms with Crippen LogP contribution in [0, 0.1) is 0 Å². The lowest BCUT2D eigenvalue weighted by Gasteiger charge is -2.35. The Balaban J connectivity index is 1.21. The van der Waals surface area contributed by atoms with Crippen LogP contribution in [0.3, 0.4) is 0 Å². The van der Waals surface area contributed by atoms with E-state index in [1.165, 1.54) is 10.9 Å². The molecule has 1 N–H and O–H groups in total. The van der Waals surface area contributed by atoms with Gasteiger partial charge in [0, 0.05) is 25.6 Å². The second-order valence-electron chi connectivity index (χ2n) is 9.74. The van der Waals surface area contributed by atoms with Gasteiger partial charge in [-0.15, -0.1) is 0 Å². The number of ether oxygens (including phenoxy) is 1. The van der Waals surface area contributed by atoms with Crippen LogP contribution in [0.2, 0.25) is 5.02 Å². The minimum Gasteiger partial charge on any atom is -0.379 e. The molecule has 2 aliphatic heterocycles. The number of nitrogens with zero attached hydrogens (tertiary/aromatic N) is 5. The van der Waals surface area contributed by atoms with Crippen molar-refractivity contribution in [1.29, 1.82) is 0 Å². The molecule has 2 aromatic rings. The van der Waals surface area contributed by atoms with Crippen LogP contribution in [0.1, 0.15) is 81.6 Å². The Morgan fingerprint density at radius 2 is 2.12 bits per heavy atom. The molecule has 2 atom stereocenters. The molecular formula is C23H32ClFN6O3. The van der Waals surface area contributed by atoms with Crippen LogP contribution < -0.4 is 10.9 Å². The van der Waals surface area contributed by atoms with Crippen molar-refractivity contribution in [1.82, 2.24) is 24.8 Å². The second-order valence-corrected chi connectivity index (χ2v) is 10.1. The number of nitrogens with one attached hydrogen (secondary N) is 1. The molecular weight excluding hydrogens is 463 g/mol. The fourth-order valence-corrected chi connectivity index (χ4v) is 5.16. The minimum absolute atomic E-state index is 0.0345. The van der Waals surface area contributed by atoms with Crippen LogP contribution >= 0.6 is 11.6 Å². The molecule has 11 heteroatoms. The average Bonchev–Trinajstić information content (AvgIpc) is 3.59. The molecule has 34 heavy (non-hydrogen) atoms. The third-order valence-electron chi connectivity index (χ3n) is 7.17. The zero-order valence-electron chi connectivity index (χ0n) is 19.5. The topological polar surface area (TPSA) is 98.3 Å². The van der Waals surface area contributed by atoms with E-state index in [1.54, 1.807) is 0 Å². The fraction of sp³-hybridized carbons (Fsp3) is 0.739. The third-order valence-corrected chi connectivity index (χ3v) is 7.54. The molecule has 2 saturated heterocycles. The van der Waals surface area contributed by atoms with Gasteiger partial charge in [0.1, 0.15) is 5.02 Å². The van der Waals surface area contributed by atoms with Crippen molar-refractivity contribution < 1.29 is 13.7 Å². The number of likely N-dealkylation sites (tertiary alicyclic amines) is 1. The van der Waals surface area contributed by atoms with E-state index in [2.05, 4.69) is 32.4 Å². The van der Waals surface area contributed by atoms with Crippen molar-refractivity contribution in [3.63, 3.8) is 0 Å². The van der Waals surface area contributed by atoms with Gasteiger partial charge in [-0.2, -0.15) is 10.1 Å². The smallest absolute Gasteiger partial charge is 0.287 e. The molecule has 1 aliphatic carbocycles. The van der Waals surface area contributed by atoms with E-state index in [9.17, 15) is 9.18 Å². The van der Waals surface area contributed by atoms with Crippen molar-refractivity contribution in [2.75, 3.05) is 38.2 Å². The number of hydrogen-bond acceptors (Lipinski definition) is 8. The van der Waals surface area contributed by atoms with Gasteiger partial charge in [0.15, 0.2) is 11.5 Å². The van der Waals surface area contributed by atoms with E-state index in [0.717, 1.165) is 51.0 Å². The van der Waals surface area contributed by atoms with E-state index in [1.807, 2.05) is 0 Å². The van der Waals surface area contributed by atoms with Crippen LogP contribution in [0.15, 0.2) is 15.5 Å². The summed E-state index contributed by atoms with van der Waals surface area (Å²) in [4.78, 5) is 19.9. The molecule has 0 bridgehead atoms. The molecule has 0 aromatic carbocycles. The van der Waals surface area contributed by atoms with Gasteiger partial charge in [-0.1, -0.05) is 23.7 Å². The average molecular weight is 495 g/mol. The Kier molecular flexibility index (Phi) is 6.90. The first-order chi connectivity index (χ1) is 16.5. The molecule has 3 aliphatic rings. The first kappa shape index (κ1) is 23.7. The Bertz CT molecular complexity index is 1040. The van der Waals surface area contributed by atoms with Crippen LogP contribution in [-0.4, -0.2) is 63.3 Å². The standard InChI is InChI=1S/C23H32ClFN6O3/c1-2-18(21-28-20(29-34-21)15-4-5-15)30-9-6-16(7-10-30)31-22(32)19(24)17(12-27-31)26-13-23(25)8-3-11-33-14-23/h12,15-16,18,26H,2-11,13-14H2,1H3/t18-,23-/m0/s1. The molecule has 0 unspecified atom stereocenters. The number of alkyl halides is 1. The largest absolute Gasteiger partial charge is 0.379 e. The lowest BCUT2D eigenvalue weighted by atomic mass is 9.99. The predicted octanol–water partition coefficient (Wildman–Crippen LogP) is 3.88. The van der Waals surface area contributed by atoms with E-state index in [0.29, 0.717) is 36.9 Å². The highest BCUT2D eigenvalue weighted by atomic mass is 35.5. The number of anilines is 1. The first-order valence-corrected chi connectivity index (χ1v) is 12.7. The van der Waals surface area contributed by atoms with Gasteiger partial charge >= 0.3 is 0 Å². The maximum absolute atomic E-state index is 14.8. The van der Waals surface area contributed by atoms with Gasteiger partial charge < -0.3 is 14.6 Å². The summed E-state index contributed by atoms with van der Waals surface area (Å²) in [5.41, 5.74) is -1.45. The van der Waals surface area contributed by atoms with Crippen molar-refractivity contribution in [2.45, 2.75) is 75.5 Å². The van der Waals surface area contributed by atoms with Crippen molar-refractivity contribution in [3.8, 4) is 0 Å². The van der Waals surface area contributed by atoms with Crippen LogP contribution in [0.4, 0.5) is 10.1 Å². The minimum atomic E-state index is -1.46. The van der Waals surface area contributed by atoms with Crippen molar-refractivity contribution in [2.24, 2.45) is 0 Å². The second kappa shape index (κ2) is 9.91. The van der Waals surface area contributed by atoms with E-state index < -0.39 is 5.67 Å². The number of piperidine rings is 1. The molecule has 3 fully saturated rings. The lowest BCUT2D eigenvalue weighted by molar-refractivity contribution is -0.0234. The lowest BCUT2D eigenvalue weighted by Crippen LogP contribution is -2.41. The molecule has 4 heterocycles. The quantitative estimate of drug-likeness (QED) is 0.590. The normalized spacial score (nSPS) is 25.4. The Morgan fingerprint density at radius 1 is 1.32 bits per heavy atom. The van der Waals surface area contributed by atoms with E-state index in [4.69, 9.17) is 20.9 Å². The van der Waals surface area contributed by atoms with Crippen molar-refractivity contribution >= 4 is 17.3 Å². The van der Waals surface area contributed by atoms with Gasteiger partial charge in [-0.25, -0.2) is 9.07 Å². The van der Waals surface area contributed by atoms with E-state index >= 15 is 0 Å². The van der Waals surface area contributed by atoms with Crippen LogP contribution in [0.5, 0.6) is 0 Å². The van der Waals surface area contributed by atoms with Gasteiger partial charge in [-0.3, -0.25) is 9.69 Å². The Labute approximate surface area is 203 Å². The number of hydrogen-bond donors (Lipinski definition) is 1. The Morgan fingerprint density at radius 3 is 2.79 bits per heavy atom. The van der Waals surface area contributed by atoms with Crippen molar-refractivity contribution in [3.05, 3.63) is 33.3 Å². The molecule has 1 saturated carbocycles. The molecule has 186 valence electrons. The number of aromatic nitrogens is 4. The number of halogens is 2. The summed E-state index contributed by atoms with van der Waals surface area (Å²) in [6.45, 7) is 4.37. The first-order valence-electron chi connectivity index (χ1n) is 12.3. The fourth-order valence-electron chi connectivity index (χ4n) is 4.96. The monoisotopic (exact) mass is 494 g/mol. The molecule has 2 aromatic heterocycles. The highest BCUT2D eigenvalue weighted by Gasteiger charge is 2.34. The SMILES string of the molecule is CC[C@@H](c1nc(C2CC2)no1)N1CCC(n2ncc(NC[C@@]3(F)CCCOC3)c(Cl)c2=O)CC1. The third kappa shape index (κ3) is 4.99. The zero-order valence-corrected chi connectivity index (χ0v) is 20.3. The maximum Gasteiger partial charge on any atom is 0.287 e. The molecule has 0 spiro atoms. The zero-order chi connectivity index (χ0) is 23.7. The van der Waals surface area contributed by atoms with Gasteiger partial charge in [0.25, 0.3) is 5.56 Å². The highest BCUT2D eigenvalue weighted by Crippen LogP contribution is 2.39. The summed E-state index contributed by atoms with van der Waals surface area (Å²) < 4.78 is 27.1. The summed E-state index contributed by atoms with van der Waals surface area (Å²) in [5.74, 6) is 1.98. The van der Waals surface area contributed by atoms with Gasteiger partial charge in [-0.05, 0) is 44.9 Å². The van der Waals surface area contributed by atoms with Crippen LogP contribution in [-0.2, 0) is 4.74 Å². The Hall–Kier alpha value is -2.04. The number of rotatable bonds is 8. The molecule has 0 amide bonds. The summed E-state index contributed by atoms with van der Waals surface area (Å²) >= 11 is 6.37. The van der Waals surface area contributed by atoms with Gasteiger partial charge in [0.05, 0.1) is 37.1 Å².